The van der Waals surface area contributed by atoms with Gasteiger partial charge in [0.1, 0.15) is 5.82 Å². The minimum atomic E-state index is -0.874. The Kier molecular flexibility index (Phi) is 5.80. The van der Waals surface area contributed by atoms with Gasteiger partial charge in [-0.3, -0.25) is 4.79 Å². The van der Waals surface area contributed by atoms with Gasteiger partial charge in [0, 0.05) is 24.5 Å². The molecule has 0 bridgehead atoms. The number of hydrogen-bond donors (Lipinski definition) is 1. The van der Waals surface area contributed by atoms with Crippen LogP contribution in [0.3, 0.4) is 0 Å². The zero-order valence-electron chi connectivity index (χ0n) is 14.1. The molecule has 1 fully saturated rings. The molecule has 3 rings (SSSR count). The Labute approximate surface area is 150 Å². The monoisotopic (exact) mass is 358 g/mol. The van der Waals surface area contributed by atoms with Gasteiger partial charge < -0.3 is 19.7 Å². The number of nitrogens with zero attached hydrogens (tertiary/aromatic N) is 1. The maximum absolute atomic E-state index is 13.5. The van der Waals surface area contributed by atoms with E-state index in [9.17, 15) is 14.0 Å². The molecule has 1 amide bonds. The quantitative estimate of drug-likeness (QED) is 0.832. The highest BCUT2D eigenvalue weighted by Crippen LogP contribution is 2.19. The Morgan fingerprint density at radius 2 is 1.77 bits per heavy atom. The smallest absolute Gasteiger partial charge is 0.341 e. The maximum Gasteiger partial charge on any atom is 0.341 e. The van der Waals surface area contributed by atoms with E-state index in [-0.39, 0.29) is 5.56 Å². The van der Waals surface area contributed by atoms with E-state index in [1.165, 1.54) is 18.2 Å². The van der Waals surface area contributed by atoms with Crippen LogP contribution in [0.1, 0.15) is 10.4 Å². The fraction of sp³-hybridized carbons (Fsp3) is 0.263. The molecule has 0 saturated carbocycles. The van der Waals surface area contributed by atoms with Crippen molar-refractivity contribution in [1.82, 2.24) is 0 Å². The third-order valence-corrected chi connectivity index (χ3v) is 3.96. The van der Waals surface area contributed by atoms with Gasteiger partial charge in [-0.05, 0) is 36.4 Å². The molecule has 136 valence electrons. The lowest BCUT2D eigenvalue weighted by Crippen LogP contribution is -2.36. The fourth-order valence-electron chi connectivity index (χ4n) is 2.61. The number of esters is 1. The summed E-state index contributed by atoms with van der Waals surface area (Å²) in [4.78, 5) is 25.9. The standard InChI is InChI=1S/C19H19FN2O4/c20-17-4-2-1-3-16(17)19(24)26-13-18(23)21-14-5-7-15(8-6-14)22-9-11-25-12-10-22/h1-8H,9-13H2,(H,21,23). The zero-order chi connectivity index (χ0) is 18.4. The van der Waals surface area contributed by atoms with E-state index in [0.717, 1.165) is 24.8 Å². The van der Waals surface area contributed by atoms with E-state index in [2.05, 4.69) is 10.2 Å². The van der Waals surface area contributed by atoms with Crippen LogP contribution in [0.5, 0.6) is 0 Å². The fourth-order valence-corrected chi connectivity index (χ4v) is 2.61. The Bertz CT molecular complexity index is 773. The minimum Gasteiger partial charge on any atom is -0.452 e. The number of hydrogen-bond acceptors (Lipinski definition) is 5. The Morgan fingerprint density at radius 1 is 1.08 bits per heavy atom. The first-order valence-corrected chi connectivity index (χ1v) is 8.28. The van der Waals surface area contributed by atoms with E-state index in [1.807, 2.05) is 12.1 Å². The zero-order valence-corrected chi connectivity index (χ0v) is 14.1. The largest absolute Gasteiger partial charge is 0.452 e. The molecule has 1 aliphatic heterocycles. The van der Waals surface area contributed by atoms with Crippen LogP contribution in [0.4, 0.5) is 15.8 Å². The molecule has 0 aliphatic carbocycles. The second kappa shape index (κ2) is 8.44. The lowest BCUT2D eigenvalue weighted by molar-refractivity contribution is -0.119. The van der Waals surface area contributed by atoms with Crippen molar-refractivity contribution in [2.45, 2.75) is 0 Å². The van der Waals surface area contributed by atoms with E-state index in [0.29, 0.717) is 18.9 Å². The van der Waals surface area contributed by atoms with Crippen LogP contribution in [-0.4, -0.2) is 44.8 Å². The lowest BCUT2D eigenvalue weighted by Gasteiger charge is -2.28. The van der Waals surface area contributed by atoms with Crippen molar-refractivity contribution >= 4 is 23.3 Å². The van der Waals surface area contributed by atoms with Crippen LogP contribution >= 0.6 is 0 Å². The van der Waals surface area contributed by atoms with Gasteiger partial charge in [-0.25, -0.2) is 9.18 Å². The topological polar surface area (TPSA) is 67.9 Å². The Morgan fingerprint density at radius 3 is 2.46 bits per heavy atom. The van der Waals surface area contributed by atoms with E-state index in [1.54, 1.807) is 12.1 Å². The van der Waals surface area contributed by atoms with E-state index < -0.39 is 24.3 Å². The molecule has 0 atom stereocenters. The summed E-state index contributed by atoms with van der Waals surface area (Å²) in [5.74, 6) is -2.05. The molecule has 6 nitrogen and oxygen atoms in total. The van der Waals surface area contributed by atoms with Crippen LogP contribution < -0.4 is 10.2 Å². The maximum atomic E-state index is 13.5. The molecule has 7 heteroatoms. The highest BCUT2D eigenvalue weighted by molar-refractivity contribution is 5.95. The summed E-state index contributed by atoms with van der Waals surface area (Å²) in [6.07, 6.45) is 0. The molecule has 26 heavy (non-hydrogen) atoms. The molecular weight excluding hydrogens is 339 g/mol. The average Bonchev–Trinajstić information content (AvgIpc) is 2.68. The van der Waals surface area contributed by atoms with Gasteiger partial charge in [0.2, 0.25) is 0 Å². The summed E-state index contributed by atoms with van der Waals surface area (Å²) in [6.45, 7) is 2.57. The van der Waals surface area contributed by atoms with Gasteiger partial charge in [0.05, 0.1) is 18.8 Å². The summed E-state index contributed by atoms with van der Waals surface area (Å²) in [6, 6.07) is 12.8. The number of anilines is 2. The van der Waals surface area contributed by atoms with Gasteiger partial charge in [0.15, 0.2) is 6.61 Å². The second-order valence-electron chi connectivity index (χ2n) is 5.75. The first-order valence-electron chi connectivity index (χ1n) is 8.28. The van der Waals surface area contributed by atoms with Gasteiger partial charge in [0.25, 0.3) is 5.91 Å². The second-order valence-corrected chi connectivity index (χ2v) is 5.75. The number of rotatable bonds is 5. The van der Waals surface area contributed by atoms with Crippen LogP contribution in [0.15, 0.2) is 48.5 Å². The molecular formula is C19H19FN2O4. The third kappa shape index (κ3) is 4.58. The predicted octanol–water partition coefficient (Wildman–Crippen LogP) is 2.46. The van der Waals surface area contributed by atoms with Gasteiger partial charge in [-0.1, -0.05) is 12.1 Å². The van der Waals surface area contributed by atoms with E-state index in [4.69, 9.17) is 9.47 Å². The van der Waals surface area contributed by atoms with Crippen LogP contribution in [0, 0.1) is 5.82 Å². The molecule has 2 aromatic rings. The Balaban J connectivity index is 1.50. The highest BCUT2D eigenvalue weighted by atomic mass is 19.1. The van der Waals surface area contributed by atoms with Crippen molar-refractivity contribution in [3.63, 3.8) is 0 Å². The SMILES string of the molecule is O=C(COC(=O)c1ccccc1F)Nc1ccc(N2CCOCC2)cc1. The van der Waals surface area contributed by atoms with Crippen LogP contribution in [0.25, 0.3) is 0 Å². The highest BCUT2D eigenvalue weighted by Gasteiger charge is 2.15. The van der Waals surface area contributed by atoms with Crippen molar-refractivity contribution in [3.05, 3.63) is 59.9 Å². The van der Waals surface area contributed by atoms with Crippen molar-refractivity contribution < 1.29 is 23.5 Å². The third-order valence-electron chi connectivity index (χ3n) is 3.96. The number of nitrogens with one attached hydrogen (secondary N) is 1. The molecule has 1 heterocycles. The van der Waals surface area contributed by atoms with Crippen molar-refractivity contribution in [2.75, 3.05) is 43.1 Å². The molecule has 0 aromatic heterocycles. The number of amides is 1. The van der Waals surface area contributed by atoms with Crippen LogP contribution in [-0.2, 0) is 14.3 Å². The predicted molar refractivity (Wildman–Crippen MR) is 94.8 cm³/mol. The van der Waals surface area contributed by atoms with Gasteiger partial charge in [-0.15, -0.1) is 0 Å². The molecule has 1 aliphatic rings. The first-order chi connectivity index (χ1) is 12.6. The number of morpholine rings is 1. The van der Waals surface area contributed by atoms with Crippen molar-refractivity contribution in [3.8, 4) is 0 Å². The van der Waals surface area contributed by atoms with E-state index >= 15 is 0 Å². The molecule has 1 saturated heterocycles. The lowest BCUT2D eigenvalue weighted by atomic mass is 10.2. The summed E-state index contributed by atoms with van der Waals surface area (Å²) in [7, 11) is 0. The van der Waals surface area contributed by atoms with Crippen molar-refractivity contribution in [1.29, 1.82) is 0 Å². The number of carbonyl (C=O) groups excluding carboxylic acids is 2. The van der Waals surface area contributed by atoms with Crippen LogP contribution in [0.2, 0.25) is 0 Å². The normalized spacial score (nSPS) is 14.0. The summed E-state index contributed by atoms with van der Waals surface area (Å²) >= 11 is 0. The van der Waals surface area contributed by atoms with Crippen molar-refractivity contribution in [2.24, 2.45) is 0 Å². The number of halogens is 1. The summed E-state index contributed by atoms with van der Waals surface area (Å²) < 4.78 is 23.7. The van der Waals surface area contributed by atoms with Gasteiger partial charge in [-0.2, -0.15) is 0 Å². The number of carbonyl (C=O) groups is 2. The number of benzene rings is 2. The molecule has 1 N–H and O–H groups in total. The Hall–Kier alpha value is -2.93. The molecule has 0 spiro atoms. The summed E-state index contributed by atoms with van der Waals surface area (Å²) in [5.41, 5.74) is 1.45. The van der Waals surface area contributed by atoms with Gasteiger partial charge >= 0.3 is 5.97 Å². The number of ether oxygens (including phenoxy) is 2. The summed E-state index contributed by atoms with van der Waals surface area (Å²) in [5, 5.41) is 2.64. The molecule has 0 unspecified atom stereocenters. The minimum absolute atomic E-state index is 0.199. The first kappa shape index (κ1) is 17.9. The molecule has 2 aromatic carbocycles. The molecule has 0 radical (unpaired) electrons. The average molecular weight is 358 g/mol.